The summed E-state index contributed by atoms with van der Waals surface area (Å²) in [5.74, 6) is -2.13. The summed E-state index contributed by atoms with van der Waals surface area (Å²) in [4.78, 5) is 22.9. The van der Waals surface area contributed by atoms with E-state index in [0.29, 0.717) is 11.8 Å². The van der Waals surface area contributed by atoms with Gasteiger partial charge in [-0.1, -0.05) is 11.3 Å². The zero-order valence-electron chi connectivity index (χ0n) is 9.94. The SMILES string of the molecule is Cc1csc(=O)n1CC(=O)Nc1ccc(F)cc1F. The quantitative estimate of drug-likeness (QED) is 0.938. The Balaban J connectivity index is 2.12. The Morgan fingerprint density at radius 1 is 1.42 bits per heavy atom. The summed E-state index contributed by atoms with van der Waals surface area (Å²) in [6.07, 6.45) is 0. The number of carbonyl (C=O) groups excluding carboxylic acids is 1. The molecule has 1 aromatic carbocycles. The molecule has 0 radical (unpaired) electrons. The first-order chi connectivity index (χ1) is 8.97. The van der Waals surface area contributed by atoms with Crippen molar-refractivity contribution in [3.8, 4) is 0 Å². The number of hydrogen-bond acceptors (Lipinski definition) is 3. The summed E-state index contributed by atoms with van der Waals surface area (Å²) in [5, 5.41) is 3.93. The van der Waals surface area contributed by atoms with Gasteiger partial charge < -0.3 is 5.32 Å². The van der Waals surface area contributed by atoms with Crippen molar-refractivity contribution < 1.29 is 13.6 Å². The number of thiazole rings is 1. The lowest BCUT2D eigenvalue weighted by molar-refractivity contribution is -0.116. The van der Waals surface area contributed by atoms with Crippen LogP contribution in [0.2, 0.25) is 0 Å². The molecule has 0 aliphatic carbocycles. The number of nitrogens with zero attached hydrogens (tertiary/aromatic N) is 1. The third kappa shape index (κ3) is 3.05. The van der Waals surface area contributed by atoms with Gasteiger partial charge in [-0.05, 0) is 19.1 Å². The normalized spacial score (nSPS) is 10.5. The van der Waals surface area contributed by atoms with Crippen molar-refractivity contribution in [2.24, 2.45) is 0 Å². The Kier molecular flexibility index (Phi) is 3.75. The molecule has 0 aliphatic rings. The van der Waals surface area contributed by atoms with E-state index in [-0.39, 0.29) is 17.1 Å². The van der Waals surface area contributed by atoms with Crippen LogP contribution in [0.15, 0.2) is 28.4 Å². The number of anilines is 1. The van der Waals surface area contributed by atoms with Crippen LogP contribution in [-0.4, -0.2) is 10.5 Å². The third-order valence-corrected chi connectivity index (χ3v) is 3.36. The first-order valence-corrected chi connectivity index (χ1v) is 6.25. The maximum Gasteiger partial charge on any atom is 0.307 e. The van der Waals surface area contributed by atoms with Crippen LogP contribution in [0.1, 0.15) is 5.69 Å². The number of aromatic nitrogens is 1. The van der Waals surface area contributed by atoms with Crippen LogP contribution in [0.5, 0.6) is 0 Å². The molecule has 7 heteroatoms. The molecule has 0 fully saturated rings. The standard InChI is InChI=1S/C12H10F2N2O2S/c1-7-6-19-12(18)16(7)5-11(17)15-10-3-2-8(13)4-9(10)14/h2-4,6H,5H2,1H3,(H,15,17). The van der Waals surface area contributed by atoms with E-state index < -0.39 is 17.5 Å². The minimum absolute atomic E-state index is 0.118. The predicted molar refractivity (Wildman–Crippen MR) is 68.3 cm³/mol. The van der Waals surface area contributed by atoms with Crippen molar-refractivity contribution in [3.63, 3.8) is 0 Å². The molecule has 1 aromatic heterocycles. The van der Waals surface area contributed by atoms with Crippen molar-refractivity contribution in [3.05, 3.63) is 50.6 Å². The Morgan fingerprint density at radius 2 is 2.16 bits per heavy atom. The molecule has 2 rings (SSSR count). The maximum atomic E-state index is 13.3. The Morgan fingerprint density at radius 3 is 2.74 bits per heavy atom. The summed E-state index contributed by atoms with van der Waals surface area (Å²) in [6.45, 7) is 1.49. The molecular weight excluding hydrogens is 274 g/mol. The van der Waals surface area contributed by atoms with E-state index in [1.807, 2.05) is 0 Å². The van der Waals surface area contributed by atoms with Crippen molar-refractivity contribution in [2.45, 2.75) is 13.5 Å². The van der Waals surface area contributed by atoms with E-state index in [0.717, 1.165) is 23.5 Å². The summed E-state index contributed by atoms with van der Waals surface area (Å²) >= 11 is 0.988. The van der Waals surface area contributed by atoms with E-state index >= 15 is 0 Å². The highest BCUT2D eigenvalue weighted by Crippen LogP contribution is 2.14. The molecule has 100 valence electrons. The minimum atomic E-state index is -0.859. The molecule has 1 heterocycles. The van der Waals surface area contributed by atoms with Crippen molar-refractivity contribution in [2.75, 3.05) is 5.32 Å². The number of aryl methyl sites for hydroxylation is 1. The highest BCUT2D eigenvalue weighted by Gasteiger charge is 2.11. The van der Waals surface area contributed by atoms with Crippen molar-refractivity contribution in [1.29, 1.82) is 0 Å². The summed E-state index contributed by atoms with van der Waals surface area (Å²) in [5.41, 5.74) is 0.539. The fourth-order valence-electron chi connectivity index (χ4n) is 1.52. The van der Waals surface area contributed by atoms with Gasteiger partial charge in [-0.3, -0.25) is 14.2 Å². The second kappa shape index (κ2) is 5.31. The monoisotopic (exact) mass is 284 g/mol. The molecule has 1 N–H and O–H groups in total. The summed E-state index contributed by atoms with van der Waals surface area (Å²) in [7, 11) is 0. The first kappa shape index (κ1) is 13.4. The highest BCUT2D eigenvalue weighted by molar-refractivity contribution is 7.07. The van der Waals surface area contributed by atoms with Gasteiger partial charge in [0.15, 0.2) is 0 Å². The molecule has 0 spiro atoms. The average molecular weight is 284 g/mol. The van der Waals surface area contributed by atoms with Crippen molar-refractivity contribution >= 4 is 22.9 Å². The van der Waals surface area contributed by atoms with Gasteiger partial charge in [0, 0.05) is 17.1 Å². The number of benzene rings is 1. The van der Waals surface area contributed by atoms with Crippen LogP contribution in [-0.2, 0) is 11.3 Å². The lowest BCUT2D eigenvalue weighted by atomic mass is 10.3. The highest BCUT2D eigenvalue weighted by atomic mass is 32.1. The molecule has 0 unspecified atom stereocenters. The fraction of sp³-hybridized carbons (Fsp3) is 0.167. The van der Waals surface area contributed by atoms with E-state index in [4.69, 9.17) is 0 Å². The maximum absolute atomic E-state index is 13.3. The Labute approximate surface area is 111 Å². The lowest BCUT2D eigenvalue weighted by Gasteiger charge is -2.07. The number of rotatable bonds is 3. The second-order valence-corrected chi connectivity index (χ2v) is 4.72. The van der Waals surface area contributed by atoms with Crippen LogP contribution in [0.4, 0.5) is 14.5 Å². The molecule has 0 bridgehead atoms. The van der Waals surface area contributed by atoms with Crippen LogP contribution in [0.25, 0.3) is 0 Å². The Hall–Kier alpha value is -2.02. The molecule has 2 aromatic rings. The predicted octanol–water partition coefficient (Wildman–Crippen LogP) is 2.14. The van der Waals surface area contributed by atoms with Gasteiger partial charge in [0.1, 0.15) is 18.2 Å². The van der Waals surface area contributed by atoms with E-state index in [2.05, 4.69) is 5.32 Å². The molecule has 19 heavy (non-hydrogen) atoms. The van der Waals surface area contributed by atoms with Gasteiger partial charge in [-0.2, -0.15) is 0 Å². The molecular formula is C12H10F2N2O2S. The van der Waals surface area contributed by atoms with E-state index in [1.165, 1.54) is 4.57 Å². The molecule has 0 saturated heterocycles. The van der Waals surface area contributed by atoms with Gasteiger partial charge in [0.25, 0.3) is 0 Å². The first-order valence-electron chi connectivity index (χ1n) is 5.37. The number of nitrogens with one attached hydrogen (secondary N) is 1. The van der Waals surface area contributed by atoms with E-state index in [1.54, 1.807) is 12.3 Å². The zero-order valence-corrected chi connectivity index (χ0v) is 10.8. The molecule has 0 saturated carbocycles. The van der Waals surface area contributed by atoms with Gasteiger partial charge in [-0.25, -0.2) is 8.78 Å². The number of amides is 1. The second-order valence-electron chi connectivity index (χ2n) is 3.90. The number of carbonyl (C=O) groups is 1. The van der Waals surface area contributed by atoms with Gasteiger partial charge in [0.05, 0.1) is 5.69 Å². The van der Waals surface area contributed by atoms with Crippen LogP contribution in [0.3, 0.4) is 0 Å². The topological polar surface area (TPSA) is 51.1 Å². The average Bonchev–Trinajstić information content (AvgIpc) is 2.65. The van der Waals surface area contributed by atoms with Gasteiger partial charge >= 0.3 is 4.87 Å². The summed E-state index contributed by atoms with van der Waals surface area (Å²) in [6, 6.07) is 2.85. The van der Waals surface area contributed by atoms with Gasteiger partial charge in [-0.15, -0.1) is 0 Å². The van der Waals surface area contributed by atoms with Gasteiger partial charge in [0.2, 0.25) is 5.91 Å². The minimum Gasteiger partial charge on any atom is -0.322 e. The fourth-order valence-corrected chi connectivity index (χ4v) is 2.25. The zero-order chi connectivity index (χ0) is 14.0. The third-order valence-electron chi connectivity index (χ3n) is 2.48. The largest absolute Gasteiger partial charge is 0.322 e. The molecule has 0 atom stereocenters. The molecule has 1 amide bonds. The lowest BCUT2D eigenvalue weighted by Crippen LogP contribution is -2.25. The summed E-state index contributed by atoms with van der Waals surface area (Å²) < 4.78 is 27.3. The Bertz CT molecular complexity index is 679. The number of halogens is 2. The van der Waals surface area contributed by atoms with Crippen LogP contribution >= 0.6 is 11.3 Å². The van der Waals surface area contributed by atoms with Crippen LogP contribution < -0.4 is 10.2 Å². The van der Waals surface area contributed by atoms with Crippen LogP contribution in [0, 0.1) is 18.6 Å². The van der Waals surface area contributed by atoms with E-state index in [9.17, 15) is 18.4 Å². The van der Waals surface area contributed by atoms with Crippen molar-refractivity contribution in [1.82, 2.24) is 4.57 Å². The molecule has 4 nitrogen and oxygen atoms in total. The molecule has 0 aliphatic heterocycles. The number of hydrogen-bond donors (Lipinski definition) is 1. The smallest absolute Gasteiger partial charge is 0.307 e.